The lowest BCUT2D eigenvalue weighted by Crippen LogP contribution is -2.47. The fourth-order valence-electron chi connectivity index (χ4n) is 3.99. The SMILES string of the molecule is CCCC1NC(CCC)N(C2CCCCCC2C)C1=O. The van der Waals surface area contributed by atoms with Gasteiger partial charge < -0.3 is 4.90 Å². The maximum absolute atomic E-state index is 12.8. The van der Waals surface area contributed by atoms with E-state index in [0.717, 1.165) is 25.7 Å². The van der Waals surface area contributed by atoms with E-state index in [2.05, 4.69) is 31.0 Å². The van der Waals surface area contributed by atoms with E-state index < -0.39 is 0 Å². The second-order valence-electron chi connectivity index (χ2n) is 6.74. The molecule has 1 amide bonds. The first-order valence-electron chi connectivity index (χ1n) is 8.77. The van der Waals surface area contributed by atoms with Gasteiger partial charge in [-0.25, -0.2) is 0 Å². The predicted octanol–water partition coefficient (Wildman–Crippen LogP) is 3.68. The van der Waals surface area contributed by atoms with Crippen molar-refractivity contribution in [2.45, 2.75) is 96.8 Å². The molecule has 0 bridgehead atoms. The molecule has 0 aromatic heterocycles. The molecular weight excluding hydrogens is 248 g/mol. The van der Waals surface area contributed by atoms with Crippen LogP contribution >= 0.6 is 0 Å². The Bertz CT molecular complexity index is 318. The summed E-state index contributed by atoms with van der Waals surface area (Å²) >= 11 is 0. The molecule has 0 radical (unpaired) electrons. The van der Waals surface area contributed by atoms with Crippen molar-refractivity contribution in [1.29, 1.82) is 0 Å². The van der Waals surface area contributed by atoms with Crippen molar-refractivity contribution in [2.75, 3.05) is 0 Å². The first-order chi connectivity index (χ1) is 9.69. The Balaban J connectivity index is 2.13. The summed E-state index contributed by atoms with van der Waals surface area (Å²) in [5.74, 6) is 1.03. The van der Waals surface area contributed by atoms with E-state index in [1.807, 2.05) is 0 Å². The summed E-state index contributed by atoms with van der Waals surface area (Å²) in [6, 6.07) is 0.544. The predicted molar refractivity (Wildman–Crippen MR) is 83.4 cm³/mol. The molecule has 2 fully saturated rings. The van der Waals surface area contributed by atoms with Crippen molar-refractivity contribution in [3.63, 3.8) is 0 Å². The van der Waals surface area contributed by atoms with Crippen molar-refractivity contribution < 1.29 is 4.79 Å². The molecule has 0 aromatic carbocycles. The van der Waals surface area contributed by atoms with Crippen LogP contribution in [0.4, 0.5) is 0 Å². The summed E-state index contributed by atoms with van der Waals surface area (Å²) in [5.41, 5.74) is 0. The molecule has 0 aromatic rings. The van der Waals surface area contributed by atoms with Crippen LogP contribution in [0, 0.1) is 5.92 Å². The standard InChI is InChI=1S/C17H32N2O/c1-4-9-14-17(20)19(16(18-14)10-5-2)15-12-8-6-7-11-13(15)3/h13-16,18H,4-12H2,1-3H3. The topological polar surface area (TPSA) is 32.3 Å². The molecule has 4 unspecified atom stereocenters. The lowest BCUT2D eigenvalue weighted by atomic mass is 9.94. The van der Waals surface area contributed by atoms with E-state index in [0.29, 0.717) is 17.9 Å². The monoisotopic (exact) mass is 280 g/mol. The second-order valence-corrected chi connectivity index (χ2v) is 6.74. The van der Waals surface area contributed by atoms with Crippen LogP contribution in [0.15, 0.2) is 0 Å². The largest absolute Gasteiger partial charge is 0.323 e. The molecule has 2 aliphatic rings. The van der Waals surface area contributed by atoms with Crippen molar-refractivity contribution in [1.82, 2.24) is 10.2 Å². The number of nitrogens with one attached hydrogen (secondary N) is 1. The molecule has 3 heteroatoms. The van der Waals surface area contributed by atoms with Gasteiger partial charge in [-0.3, -0.25) is 10.1 Å². The van der Waals surface area contributed by atoms with Gasteiger partial charge in [0.25, 0.3) is 0 Å². The van der Waals surface area contributed by atoms with Crippen LogP contribution in [-0.4, -0.2) is 29.1 Å². The molecule has 1 saturated carbocycles. The Morgan fingerprint density at radius 3 is 2.50 bits per heavy atom. The van der Waals surface area contributed by atoms with E-state index in [1.165, 1.54) is 32.1 Å². The van der Waals surface area contributed by atoms with E-state index >= 15 is 0 Å². The Labute approximate surface area is 124 Å². The van der Waals surface area contributed by atoms with Gasteiger partial charge in [0, 0.05) is 6.04 Å². The van der Waals surface area contributed by atoms with Crippen molar-refractivity contribution >= 4 is 5.91 Å². The van der Waals surface area contributed by atoms with Gasteiger partial charge in [0.15, 0.2) is 0 Å². The smallest absolute Gasteiger partial charge is 0.241 e. The normalized spacial score (nSPS) is 35.4. The van der Waals surface area contributed by atoms with Crippen LogP contribution < -0.4 is 5.32 Å². The number of amides is 1. The van der Waals surface area contributed by atoms with E-state index in [1.54, 1.807) is 0 Å². The number of hydrogen-bond donors (Lipinski definition) is 1. The highest BCUT2D eigenvalue weighted by Crippen LogP contribution is 2.32. The molecule has 0 spiro atoms. The van der Waals surface area contributed by atoms with Crippen LogP contribution in [0.25, 0.3) is 0 Å². The highest BCUT2D eigenvalue weighted by molar-refractivity contribution is 5.84. The zero-order chi connectivity index (χ0) is 14.5. The summed E-state index contributed by atoms with van der Waals surface area (Å²) < 4.78 is 0. The molecule has 1 aliphatic carbocycles. The molecule has 3 nitrogen and oxygen atoms in total. The molecule has 4 atom stereocenters. The summed E-state index contributed by atoms with van der Waals surface area (Å²) in [7, 11) is 0. The summed E-state index contributed by atoms with van der Waals surface area (Å²) in [4.78, 5) is 15.1. The Kier molecular flexibility index (Phi) is 5.88. The number of nitrogens with zero attached hydrogens (tertiary/aromatic N) is 1. The Hall–Kier alpha value is -0.570. The highest BCUT2D eigenvalue weighted by Gasteiger charge is 2.42. The minimum absolute atomic E-state index is 0.0759. The molecule has 20 heavy (non-hydrogen) atoms. The molecule has 1 saturated heterocycles. The first kappa shape index (κ1) is 15.8. The quantitative estimate of drug-likeness (QED) is 0.779. The van der Waals surface area contributed by atoms with Crippen LogP contribution in [-0.2, 0) is 4.79 Å². The van der Waals surface area contributed by atoms with Crippen molar-refractivity contribution in [2.24, 2.45) is 5.92 Å². The highest BCUT2D eigenvalue weighted by atomic mass is 16.2. The lowest BCUT2D eigenvalue weighted by Gasteiger charge is -2.35. The minimum atomic E-state index is 0.0759. The first-order valence-corrected chi connectivity index (χ1v) is 8.77. The van der Waals surface area contributed by atoms with E-state index in [9.17, 15) is 4.79 Å². The van der Waals surface area contributed by atoms with Crippen LogP contribution in [0.5, 0.6) is 0 Å². The van der Waals surface area contributed by atoms with Crippen LogP contribution in [0.1, 0.15) is 78.6 Å². The third kappa shape index (κ3) is 3.36. The van der Waals surface area contributed by atoms with Gasteiger partial charge in [-0.05, 0) is 31.6 Å². The number of carbonyl (C=O) groups is 1. The zero-order valence-corrected chi connectivity index (χ0v) is 13.5. The third-order valence-corrected chi connectivity index (χ3v) is 5.09. The molecule has 2 rings (SSSR count). The van der Waals surface area contributed by atoms with Gasteiger partial charge in [0.05, 0.1) is 12.2 Å². The van der Waals surface area contributed by atoms with Crippen molar-refractivity contribution in [3.05, 3.63) is 0 Å². The summed E-state index contributed by atoms with van der Waals surface area (Å²) in [5, 5.41) is 3.61. The molecular formula is C17H32N2O. The Morgan fingerprint density at radius 1 is 1.10 bits per heavy atom. The number of hydrogen-bond acceptors (Lipinski definition) is 2. The Morgan fingerprint density at radius 2 is 1.80 bits per heavy atom. The summed E-state index contributed by atoms with van der Waals surface area (Å²) in [6.45, 7) is 6.73. The fraction of sp³-hybridized carbons (Fsp3) is 0.941. The fourth-order valence-corrected chi connectivity index (χ4v) is 3.99. The number of rotatable bonds is 5. The summed E-state index contributed by atoms with van der Waals surface area (Å²) in [6.07, 6.45) is 11.0. The van der Waals surface area contributed by atoms with Gasteiger partial charge in [-0.1, -0.05) is 52.9 Å². The van der Waals surface area contributed by atoms with E-state index in [4.69, 9.17) is 0 Å². The molecule has 116 valence electrons. The maximum atomic E-state index is 12.8. The molecule has 1 aliphatic heterocycles. The van der Waals surface area contributed by atoms with E-state index in [-0.39, 0.29) is 12.2 Å². The maximum Gasteiger partial charge on any atom is 0.241 e. The molecule has 1 N–H and O–H groups in total. The van der Waals surface area contributed by atoms with Gasteiger partial charge in [0.2, 0.25) is 5.91 Å². The lowest BCUT2D eigenvalue weighted by molar-refractivity contribution is -0.133. The van der Waals surface area contributed by atoms with Gasteiger partial charge in [-0.2, -0.15) is 0 Å². The third-order valence-electron chi connectivity index (χ3n) is 5.09. The minimum Gasteiger partial charge on any atom is -0.323 e. The van der Waals surface area contributed by atoms with Crippen LogP contribution in [0.2, 0.25) is 0 Å². The number of carbonyl (C=O) groups excluding carboxylic acids is 1. The van der Waals surface area contributed by atoms with Crippen molar-refractivity contribution in [3.8, 4) is 0 Å². The molecule has 1 heterocycles. The van der Waals surface area contributed by atoms with Crippen LogP contribution in [0.3, 0.4) is 0 Å². The van der Waals surface area contributed by atoms with Gasteiger partial charge in [0.1, 0.15) is 0 Å². The average molecular weight is 280 g/mol. The average Bonchev–Trinajstić information content (AvgIpc) is 2.60. The van der Waals surface area contributed by atoms with Gasteiger partial charge >= 0.3 is 0 Å². The van der Waals surface area contributed by atoms with Gasteiger partial charge in [-0.15, -0.1) is 0 Å². The zero-order valence-electron chi connectivity index (χ0n) is 13.5. The second kappa shape index (κ2) is 7.44.